The fourth-order valence-electron chi connectivity index (χ4n) is 1.73. The number of likely N-dealkylation sites (N-methyl/N-ethyl adjacent to an activating group) is 1. The Labute approximate surface area is 86.3 Å². The molecule has 80 valence electrons. The lowest BCUT2D eigenvalue weighted by molar-refractivity contribution is -0.478. The summed E-state index contributed by atoms with van der Waals surface area (Å²) in [7, 11) is 1.41. The van der Waals surface area contributed by atoms with E-state index in [0.717, 1.165) is 0 Å². The third kappa shape index (κ3) is 1.30. The van der Waals surface area contributed by atoms with Crippen molar-refractivity contribution >= 4 is 11.7 Å². The number of hydroxylamine groups is 3. The highest BCUT2D eigenvalue weighted by molar-refractivity contribution is 6.35. The van der Waals surface area contributed by atoms with Crippen LogP contribution in [0, 0.1) is 5.21 Å². The van der Waals surface area contributed by atoms with Crippen LogP contribution in [0.15, 0.2) is 24.3 Å². The molecule has 2 N–H and O–H groups in total. The minimum absolute atomic E-state index is 0.274. The second-order valence-corrected chi connectivity index (χ2v) is 3.32. The lowest BCUT2D eigenvalue weighted by Gasteiger charge is -2.16. The second-order valence-electron chi connectivity index (χ2n) is 3.32. The molecule has 6 heteroatoms. The number of fused-ring (bicyclic) bond motifs is 1. The summed E-state index contributed by atoms with van der Waals surface area (Å²) in [6.07, 6.45) is 6.76. The van der Waals surface area contributed by atoms with Crippen LogP contribution in [0.4, 0.5) is 0 Å². The first-order valence-corrected chi connectivity index (χ1v) is 4.55. The maximum absolute atomic E-state index is 11.7. The van der Waals surface area contributed by atoms with Crippen LogP contribution in [0.5, 0.6) is 0 Å². The van der Waals surface area contributed by atoms with Crippen LogP contribution >= 0.6 is 0 Å². The summed E-state index contributed by atoms with van der Waals surface area (Å²) in [5.74, 6) is -0.868. The number of nitrogens with one attached hydrogen (secondary N) is 1. The van der Waals surface area contributed by atoms with E-state index in [1.807, 2.05) is 0 Å². The quantitative estimate of drug-likeness (QED) is 0.438. The predicted octanol–water partition coefficient (Wildman–Crippen LogP) is -0.791. The molecule has 15 heavy (non-hydrogen) atoms. The van der Waals surface area contributed by atoms with E-state index >= 15 is 0 Å². The number of carbonyl (C=O) groups is 1. The van der Waals surface area contributed by atoms with Crippen molar-refractivity contribution in [1.82, 2.24) is 10.4 Å². The molecule has 2 aliphatic rings. The normalized spacial score (nSPS) is 28.3. The average Bonchev–Trinajstić information content (AvgIpc) is 2.52. The maximum Gasteiger partial charge on any atom is 0.372 e. The van der Waals surface area contributed by atoms with Gasteiger partial charge in [0, 0.05) is 7.05 Å². The third-order valence-corrected chi connectivity index (χ3v) is 2.49. The molecule has 1 heterocycles. The first-order valence-electron chi connectivity index (χ1n) is 4.55. The van der Waals surface area contributed by atoms with E-state index in [0.29, 0.717) is 9.80 Å². The Balaban J connectivity index is 2.38. The molecule has 0 aromatic carbocycles. The molecule has 6 nitrogen and oxygen atoms in total. The van der Waals surface area contributed by atoms with Gasteiger partial charge >= 0.3 is 11.7 Å². The van der Waals surface area contributed by atoms with Gasteiger partial charge in [0.1, 0.15) is 0 Å². The van der Waals surface area contributed by atoms with Crippen molar-refractivity contribution in [1.29, 1.82) is 0 Å². The Morgan fingerprint density at radius 1 is 1.60 bits per heavy atom. The summed E-state index contributed by atoms with van der Waals surface area (Å²) in [4.78, 5) is 11.3. The van der Waals surface area contributed by atoms with Crippen molar-refractivity contribution < 1.29 is 14.7 Å². The molecule has 0 aromatic heterocycles. The van der Waals surface area contributed by atoms with Crippen molar-refractivity contribution in [2.24, 2.45) is 0 Å². The fourth-order valence-corrected chi connectivity index (χ4v) is 1.73. The van der Waals surface area contributed by atoms with Crippen molar-refractivity contribution in [3.63, 3.8) is 0 Å². The van der Waals surface area contributed by atoms with Gasteiger partial charge in [0.15, 0.2) is 12.1 Å². The Morgan fingerprint density at radius 3 is 2.87 bits per heavy atom. The van der Waals surface area contributed by atoms with Gasteiger partial charge in [-0.15, -0.1) is 5.06 Å². The van der Waals surface area contributed by atoms with Gasteiger partial charge in [0.25, 0.3) is 0 Å². The van der Waals surface area contributed by atoms with Crippen LogP contribution in [0.3, 0.4) is 0 Å². The number of carbonyl (C=O) groups excluding carboxylic acids is 1. The molecule has 0 saturated carbocycles. The van der Waals surface area contributed by atoms with E-state index < -0.39 is 18.0 Å². The average molecular weight is 209 g/mol. The number of amidine groups is 1. The number of allylic oxidation sites excluding steroid dienone is 2. The zero-order valence-corrected chi connectivity index (χ0v) is 8.12. The van der Waals surface area contributed by atoms with Gasteiger partial charge in [0.05, 0.1) is 0 Å². The van der Waals surface area contributed by atoms with Gasteiger partial charge in [-0.25, -0.2) is 9.95 Å². The highest BCUT2D eigenvalue weighted by Gasteiger charge is 2.46. The van der Waals surface area contributed by atoms with Gasteiger partial charge < -0.3 is 10.5 Å². The monoisotopic (exact) mass is 209 g/mol. The lowest BCUT2D eigenvalue weighted by atomic mass is 10.1. The number of nitrogens with zero attached hydrogens (tertiary/aromatic N) is 2. The molecular weight excluding hydrogens is 198 g/mol. The van der Waals surface area contributed by atoms with Crippen LogP contribution in [0.25, 0.3) is 0 Å². The van der Waals surface area contributed by atoms with Gasteiger partial charge in [-0.2, -0.15) is 0 Å². The Hall–Kier alpha value is -1.82. The van der Waals surface area contributed by atoms with E-state index in [-0.39, 0.29) is 5.84 Å². The van der Waals surface area contributed by atoms with Gasteiger partial charge in [0.2, 0.25) is 0 Å². The highest BCUT2D eigenvalue weighted by atomic mass is 16.5. The molecule has 2 atom stereocenters. The maximum atomic E-state index is 11.7. The summed E-state index contributed by atoms with van der Waals surface area (Å²) in [6.45, 7) is 0. The lowest BCUT2D eigenvalue weighted by Crippen LogP contribution is -2.42. The number of amides is 1. The first kappa shape index (κ1) is 9.72. The third-order valence-electron chi connectivity index (χ3n) is 2.49. The molecule has 1 aliphatic carbocycles. The zero-order valence-electron chi connectivity index (χ0n) is 8.12. The smallest absolute Gasteiger partial charge is 0.372 e. The van der Waals surface area contributed by atoms with Gasteiger partial charge in [-0.3, -0.25) is 4.79 Å². The predicted molar refractivity (Wildman–Crippen MR) is 52.2 cm³/mol. The van der Waals surface area contributed by atoms with E-state index in [4.69, 9.17) is 0 Å². The van der Waals surface area contributed by atoms with E-state index in [1.54, 1.807) is 24.3 Å². The molecule has 2 rings (SSSR count). The van der Waals surface area contributed by atoms with E-state index in [9.17, 15) is 15.2 Å². The van der Waals surface area contributed by atoms with Crippen LogP contribution in [-0.2, 0) is 4.79 Å². The van der Waals surface area contributed by atoms with Crippen molar-refractivity contribution in [3.8, 4) is 0 Å². The minimum Gasteiger partial charge on any atom is -0.714 e. The second kappa shape index (κ2) is 3.39. The van der Waals surface area contributed by atoms with Crippen LogP contribution in [0.1, 0.15) is 0 Å². The standard InChI is InChI=1S/C9H11N3O3/c1-10-8(13)9-11(14)6-4-2-3-5-7(6)12(9)15/h2-7,14H,1H3,(H,10,13). The molecule has 0 bridgehead atoms. The molecule has 1 amide bonds. The Bertz CT molecular complexity index is 386. The van der Waals surface area contributed by atoms with Crippen LogP contribution in [0.2, 0.25) is 0 Å². The fraction of sp³-hybridized carbons (Fsp3) is 0.333. The van der Waals surface area contributed by atoms with Crippen LogP contribution < -0.4 is 5.32 Å². The highest BCUT2D eigenvalue weighted by Crippen LogP contribution is 2.20. The molecule has 0 aromatic rings. The molecule has 0 fully saturated rings. The number of hydrogen-bond acceptors (Lipinski definition) is 4. The van der Waals surface area contributed by atoms with Gasteiger partial charge in [-0.1, -0.05) is 12.2 Å². The summed E-state index contributed by atoms with van der Waals surface area (Å²) in [5.41, 5.74) is 0. The molecule has 0 saturated heterocycles. The summed E-state index contributed by atoms with van der Waals surface area (Å²) < 4.78 is 0.517. The zero-order chi connectivity index (χ0) is 11.0. The van der Waals surface area contributed by atoms with E-state index in [2.05, 4.69) is 5.32 Å². The SMILES string of the molecule is CNC(=O)C1=[N+]([O-])C2C=CC=CC2N1O. The largest absolute Gasteiger partial charge is 0.714 e. The molecule has 1 aliphatic heterocycles. The summed E-state index contributed by atoms with van der Waals surface area (Å²) in [5, 5.41) is 24.4. The summed E-state index contributed by atoms with van der Waals surface area (Å²) in [6, 6.07) is -1.02. The topological polar surface area (TPSA) is 78.6 Å². The molecule has 0 spiro atoms. The Kier molecular flexibility index (Phi) is 2.20. The first-order chi connectivity index (χ1) is 7.16. The number of hydrogen-bond donors (Lipinski definition) is 2. The number of rotatable bonds is 1. The molecular formula is C9H11N3O3. The minimum atomic E-state index is -0.594. The Morgan fingerprint density at radius 2 is 2.27 bits per heavy atom. The van der Waals surface area contributed by atoms with E-state index in [1.165, 1.54) is 7.05 Å². The summed E-state index contributed by atoms with van der Waals surface area (Å²) >= 11 is 0. The van der Waals surface area contributed by atoms with Crippen molar-refractivity contribution in [2.45, 2.75) is 12.1 Å². The van der Waals surface area contributed by atoms with Crippen molar-refractivity contribution in [2.75, 3.05) is 7.05 Å². The van der Waals surface area contributed by atoms with Crippen molar-refractivity contribution in [3.05, 3.63) is 29.5 Å². The van der Waals surface area contributed by atoms with Gasteiger partial charge in [-0.05, 0) is 12.2 Å². The molecule has 2 unspecified atom stereocenters. The molecule has 0 radical (unpaired) electrons. The van der Waals surface area contributed by atoms with Crippen LogP contribution in [-0.4, -0.2) is 45.9 Å².